The minimum Gasteiger partial charge on any atom is -0.427 e. The molecule has 6 nitrogen and oxygen atoms in total. The Morgan fingerprint density at radius 3 is 2.76 bits per heavy atom. The summed E-state index contributed by atoms with van der Waals surface area (Å²) in [5.74, 6) is -0.0373. The zero-order valence-electron chi connectivity index (χ0n) is 12.7. The second-order valence-corrected chi connectivity index (χ2v) is 6.16. The molecule has 0 radical (unpaired) electrons. The van der Waals surface area contributed by atoms with Crippen LogP contribution in [0.4, 0.5) is 4.79 Å². The fourth-order valence-electron chi connectivity index (χ4n) is 2.30. The van der Waals surface area contributed by atoms with Crippen molar-refractivity contribution < 1.29 is 19.5 Å². The lowest BCUT2D eigenvalue weighted by molar-refractivity contribution is -0.170. The average molecular weight is 294 g/mol. The van der Waals surface area contributed by atoms with Crippen LogP contribution in [0.5, 0.6) is 0 Å². The van der Waals surface area contributed by atoms with Crippen LogP contribution < -0.4 is 0 Å². The number of β-amino-alcohol motifs (C(OH)–C–C–N with tert-alkyl or cyclic N) is 1. The molecule has 1 fully saturated rings. The van der Waals surface area contributed by atoms with Crippen molar-refractivity contribution in [2.24, 2.45) is 0 Å². The van der Waals surface area contributed by atoms with Crippen molar-refractivity contribution in [2.45, 2.75) is 44.8 Å². The van der Waals surface area contributed by atoms with E-state index in [2.05, 4.69) is 4.98 Å². The normalized spacial score (nSPS) is 23.6. The number of rotatable bonds is 2. The molecule has 1 aliphatic rings. The maximum atomic E-state index is 11.6. The molecule has 0 saturated carbocycles. The monoisotopic (exact) mass is 294 g/mol. The summed E-state index contributed by atoms with van der Waals surface area (Å²) in [5, 5.41) is 11.7. The van der Waals surface area contributed by atoms with E-state index in [1.807, 2.05) is 18.2 Å². The van der Waals surface area contributed by atoms with E-state index in [9.17, 15) is 9.90 Å². The smallest absolute Gasteiger partial charge is 0.427 e. The van der Waals surface area contributed by atoms with Gasteiger partial charge in [0.25, 0.3) is 0 Å². The third-order valence-corrected chi connectivity index (χ3v) is 3.21. The molecule has 2 heterocycles. The van der Waals surface area contributed by atoms with E-state index in [1.54, 1.807) is 27.0 Å². The molecule has 6 heteroatoms. The summed E-state index contributed by atoms with van der Waals surface area (Å²) in [6, 6.07) is 5.65. The number of aliphatic hydroxyl groups is 1. The van der Waals surface area contributed by atoms with Crippen molar-refractivity contribution in [3.05, 3.63) is 30.1 Å². The lowest BCUT2D eigenvalue weighted by Gasteiger charge is -2.34. The molecule has 1 aromatic rings. The van der Waals surface area contributed by atoms with E-state index < -0.39 is 17.9 Å². The van der Waals surface area contributed by atoms with Gasteiger partial charge in [-0.25, -0.2) is 4.79 Å². The number of aliphatic hydroxyl groups excluding tert-OH is 1. The van der Waals surface area contributed by atoms with Crippen molar-refractivity contribution in [1.29, 1.82) is 0 Å². The standard InChI is InChI=1S/C15H22N2O4/c1-15(2,3)20-14(19)21-17-9-7-11(13(18)10-17)12-6-4-5-8-16-12/h4-6,8,11,13,18H,7,9-10H2,1-3H3. The van der Waals surface area contributed by atoms with Crippen molar-refractivity contribution in [1.82, 2.24) is 10.0 Å². The Bertz CT molecular complexity index is 472. The molecule has 21 heavy (non-hydrogen) atoms. The summed E-state index contributed by atoms with van der Waals surface area (Å²) in [4.78, 5) is 21.0. The minimum absolute atomic E-state index is 0.0373. The van der Waals surface area contributed by atoms with E-state index in [0.29, 0.717) is 13.0 Å². The van der Waals surface area contributed by atoms with E-state index >= 15 is 0 Å². The Kier molecular flexibility index (Phi) is 4.80. The third kappa shape index (κ3) is 4.68. The van der Waals surface area contributed by atoms with Gasteiger partial charge in [0.05, 0.1) is 12.6 Å². The summed E-state index contributed by atoms with van der Waals surface area (Å²) in [5.41, 5.74) is 0.268. The number of hydroxylamine groups is 2. The number of hydrogen-bond acceptors (Lipinski definition) is 6. The third-order valence-electron chi connectivity index (χ3n) is 3.21. The molecule has 2 rings (SSSR count). The highest BCUT2D eigenvalue weighted by molar-refractivity contribution is 5.60. The van der Waals surface area contributed by atoms with Gasteiger partial charge in [0.2, 0.25) is 0 Å². The first kappa shape index (κ1) is 15.7. The van der Waals surface area contributed by atoms with Gasteiger partial charge in [0.1, 0.15) is 5.60 Å². The molecule has 2 unspecified atom stereocenters. The van der Waals surface area contributed by atoms with Gasteiger partial charge >= 0.3 is 6.16 Å². The Balaban J connectivity index is 1.88. The Morgan fingerprint density at radius 2 is 2.19 bits per heavy atom. The van der Waals surface area contributed by atoms with E-state index in [0.717, 1.165) is 5.69 Å². The van der Waals surface area contributed by atoms with Gasteiger partial charge in [-0.15, -0.1) is 5.06 Å². The number of pyridine rings is 1. The number of piperidine rings is 1. The van der Waals surface area contributed by atoms with Gasteiger partial charge in [-0.1, -0.05) is 6.07 Å². The minimum atomic E-state index is -0.744. The maximum absolute atomic E-state index is 11.6. The van der Waals surface area contributed by atoms with Crippen LogP contribution in [0.3, 0.4) is 0 Å². The molecule has 2 atom stereocenters. The Morgan fingerprint density at radius 1 is 1.43 bits per heavy atom. The Labute approximate surface area is 124 Å². The van der Waals surface area contributed by atoms with Crippen molar-refractivity contribution in [2.75, 3.05) is 13.1 Å². The highest BCUT2D eigenvalue weighted by Gasteiger charge is 2.32. The van der Waals surface area contributed by atoms with Gasteiger partial charge in [-0.3, -0.25) is 4.98 Å². The van der Waals surface area contributed by atoms with Crippen molar-refractivity contribution in [3.63, 3.8) is 0 Å². The maximum Gasteiger partial charge on any atom is 0.528 e. The van der Waals surface area contributed by atoms with E-state index in [-0.39, 0.29) is 12.5 Å². The first-order valence-electron chi connectivity index (χ1n) is 7.10. The zero-order valence-corrected chi connectivity index (χ0v) is 12.7. The van der Waals surface area contributed by atoms with Gasteiger partial charge in [-0.2, -0.15) is 0 Å². The SMILES string of the molecule is CC(C)(C)OC(=O)ON1CCC(c2ccccn2)C(O)C1. The fraction of sp³-hybridized carbons (Fsp3) is 0.600. The topological polar surface area (TPSA) is 71.9 Å². The van der Waals surface area contributed by atoms with Gasteiger partial charge in [-0.05, 0) is 39.3 Å². The summed E-state index contributed by atoms with van der Waals surface area (Å²) in [7, 11) is 0. The molecular weight excluding hydrogens is 272 g/mol. The van der Waals surface area contributed by atoms with Crippen LogP contribution in [0.25, 0.3) is 0 Å². The second kappa shape index (κ2) is 6.41. The lowest BCUT2D eigenvalue weighted by atomic mass is 9.91. The molecule has 1 N–H and O–H groups in total. The number of carbonyl (C=O) groups is 1. The first-order valence-corrected chi connectivity index (χ1v) is 7.10. The quantitative estimate of drug-likeness (QED) is 0.842. The van der Waals surface area contributed by atoms with E-state index in [4.69, 9.17) is 9.57 Å². The summed E-state index contributed by atoms with van der Waals surface area (Å²) in [6.07, 6.45) is 1.01. The molecule has 1 aromatic heterocycles. The first-order chi connectivity index (χ1) is 9.85. The number of carbonyl (C=O) groups excluding carboxylic acids is 1. The summed E-state index contributed by atoms with van der Waals surface area (Å²) < 4.78 is 5.09. The molecular formula is C15H22N2O4. The van der Waals surface area contributed by atoms with Crippen LogP contribution in [0.2, 0.25) is 0 Å². The molecule has 0 aromatic carbocycles. The van der Waals surface area contributed by atoms with Crippen LogP contribution in [0.1, 0.15) is 38.8 Å². The van der Waals surface area contributed by atoms with Crippen LogP contribution in [-0.2, 0) is 9.57 Å². The number of hydrogen-bond donors (Lipinski definition) is 1. The molecule has 0 bridgehead atoms. The van der Waals surface area contributed by atoms with Gasteiger partial charge in [0, 0.05) is 24.4 Å². The van der Waals surface area contributed by atoms with Crippen LogP contribution in [-0.4, -0.2) is 46.1 Å². The average Bonchev–Trinajstić information content (AvgIpc) is 2.37. The number of nitrogens with zero attached hydrogens (tertiary/aromatic N) is 2. The number of aromatic nitrogens is 1. The van der Waals surface area contributed by atoms with Gasteiger partial charge < -0.3 is 14.7 Å². The van der Waals surface area contributed by atoms with Crippen LogP contribution in [0, 0.1) is 0 Å². The highest BCUT2D eigenvalue weighted by Crippen LogP contribution is 2.27. The molecule has 116 valence electrons. The molecule has 1 saturated heterocycles. The van der Waals surface area contributed by atoms with Crippen molar-refractivity contribution in [3.8, 4) is 0 Å². The zero-order chi connectivity index (χ0) is 15.5. The number of ether oxygens (including phenoxy) is 1. The molecule has 0 amide bonds. The highest BCUT2D eigenvalue weighted by atomic mass is 16.8. The fourth-order valence-corrected chi connectivity index (χ4v) is 2.30. The lowest BCUT2D eigenvalue weighted by Crippen LogP contribution is -2.44. The predicted molar refractivity (Wildman–Crippen MR) is 76.5 cm³/mol. The van der Waals surface area contributed by atoms with Gasteiger partial charge in [0.15, 0.2) is 0 Å². The Hall–Kier alpha value is -1.66. The molecule has 1 aliphatic heterocycles. The summed E-state index contributed by atoms with van der Waals surface area (Å²) in [6.45, 7) is 6.11. The predicted octanol–water partition coefficient (Wildman–Crippen LogP) is 2.10. The summed E-state index contributed by atoms with van der Waals surface area (Å²) >= 11 is 0. The van der Waals surface area contributed by atoms with Crippen LogP contribution in [0.15, 0.2) is 24.4 Å². The van der Waals surface area contributed by atoms with Crippen LogP contribution >= 0.6 is 0 Å². The molecule has 0 spiro atoms. The second-order valence-electron chi connectivity index (χ2n) is 6.16. The van der Waals surface area contributed by atoms with E-state index in [1.165, 1.54) is 5.06 Å². The van der Waals surface area contributed by atoms with Crippen molar-refractivity contribution >= 4 is 6.16 Å². The largest absolute Gasteiger partial charge is 0.528 e. The molecule has 0 aliphatic carbocycles.